The molecule has 1 aliphatic heterocycles. The molecule has 1 saturated heterocycles. The number of benzene rings is 1. The second-order valence-electron chi connectivity index (χ2n) is 6.46. The molecule has 25 heavy (non-hydrogen) atoms. The van der Waals surface area contributed by atoms with E-state index in [1.165, 1.54) is 0 Å². The van der Waals surface area contributed by atoms with Gasteiger partial charge in [-0.05, 0) is 19.9 Å². The van der Waals surface area contributed by atoms with Crippen molar-refractivity contribution in [2.45, 2.75) is 26.1 Å². The van der Waals surface area contributed by atoms with Gasteiger partial charge in [-0.1, -0.05) is 30.3 Å². The number of carbonyl (C=O) groups excluding carboxylic acids is 1. The summed E-state index contributed by atoms with van der Waals surface area (Å²) in [5.41, 5.74) is 3.05. The van der Waals surface area contributed by atoms with Gasteiger partial charge in [0.05, 0.1) is 24.1 Å². The molecule has 3 heterocycles. The van der Waals surface area contributed by atoms with E-state index < -0.39 is 0 Å². The highest BCUT2D eigenvalue weighted by Gasteiger charge is 2.28. The lowest BCUT2D eigenvalue weighted by molar-refractivity contribution is -0.0585. The van der Waals surface area contributed by atoms with Gasteiger partial charge in [0.1, 0.15) is 5.56 Å². The van der Waals surface area contributed by atoms with Crippen LogP contribution in [0.15, 0.2) is 48.8 Å². The molecular weight excluding hydrogens is 316 g/mol. The Hall–Kier alpha value is -2.73. The van der Waals surface area contributed by atoms with E-state index in [4.69, 9.17) is 4.74 Å². The number of aromatic nitrogens is 3. The van der Waals surface area contributed by atoms with Crippen molar-refractivity contribution in [3.8, 4) is 11.3 Å². The average molecular weight is 336 g/mol. The maximum absolute atomic E-state index is 13.0. The molecule has 6 nitrogen and oxygen atoms in total. The molecule has 2 unspecified atom stereocenters. The predicted octanol–water partition coefficient (Wildman–Crippen LogP) is 2.65. The molecule has 1 fully saturated rings. The van der Waals surface area contributed by atoms with Gasteiger partial charge in [-0.3, -0.25) is 4.79 Å². The molecule has 1 amide bonds. The Bertz CT molecular complexity index is 896. The Labute approximate surface area is 146 Å². The molecule has 0 aliphatic carbocycles. The van der Waals surface area contributed by atoms with Crippen molar-refractivity contribution < 1.29 is 9.53 Å². The molecule has 0 N–H and O–H groups in total. The van der Waals surface area contributed by atoms with Crippen molar-refractivity contribution in [3.63, 3.8) is 0 Å². The minimum atomic E-state index is -0.0466. The number of amides is 1. The molecule has 1 aromatic carbocycles. The van der Waals surface area contributed by atoms with E-state index in [1.807, 2.05) is 55.1 Å². The molecule has 0 saturated carbocycles. The van der Waals surface area contributed by atoms with Crippen LogP contribution in [0.1, 0.15) is 24.2 Å². The first-order chi connectivity index (χ1) is 12.1. The minimum Gasteiger partial charge on any atom is -0.372 e. The summed E-state index contributed by atoms with van der Waals surface area (Å²) in [5, 5.41) is 4.42. The Morgan fingerprint density at radius 3 is 2.56 bits per heavy atom. The van der Waals surface area contributed by atoms with Gasteiger partial charge in [0.15, 0.2) is 5.65 Å². The van der Waals surface area contributed by atoms with Crippen molar-refractivity contribution in [1.82, 2.24) is 19.5 Å². The van der Waals surface area contributed by atoms with Gasteiger partial charge >= 0.3 is 0 Å². The highest BCUT2D eigenvalue weighted by molar-refractivity contribution is 6.00. The van der Waals surface area contributed by atoms with Gasteiger partial charge in [0.25, 0.3) is 5.91 Å². The molecule has 0 radical (unpaired) electrons. The van der Waals surface area contributed by atoms with Crippen LogP contribution in [0.2, 0.25) is 0 Å². The zero-order valence-electron chi connectivity index (χ0n) is 14.3. The highest BCUT2D eigenvalue weighted by atomic mass is 16.5. The summed E-state index contributed by atoms with van der Waals surface area (Å²) in [5.74, 6) is -0.0466. The highest BCUT2D eigenvalue weighted by Crippen LogP contribution is 2.22. The molecule has 6 heteroatoms. The molecule has 3 aromatic rings. The number of carbonyl (C=O) groups is 1. The summed E-state index contributed by atoms with van der Waals surface area (Å²) < 4.78 is 7.45. The largest absolute Gasteiger partial charge is 0.372 e. The van der Waals surface area contributed by atoms with Crippen molar-refractivity contribution in [3.05, 3.63) is 54.4 Å². The summed E-state index contributed by atoms with van der Waals surface area (Å²) in [6, 6.07) is 11.9. The molecule has 1 aliphatic rings. The lowest BCUT2D eigenvalue weighted by Crippen LogP contribution is -2.48. The normalized spacial score (nSPS) is 20.8. The summed E-state index contributed by atoms with van der Waals surface area (Å²) in [4.78, 5) is 19.2. The summed E-state index contributed by atoms with van der Waals surface area (Å²) in [7, 11) is 0. The fraction of sp³-hybridized carbons (Fsp3) is 0.316. The van der Waals surface area contributed by atoms with E-state index >= 15 is 0 Å². The number of fused-ring (bicyclic) bond motifs is 1. The number of nitrogens with zero attached hydrogens (tertiary/aromatic N) is 4. The second kappa shape index (κ2) is 6.29. The van der Waals surface area contributed by atoms with Gasteiger partial charge in [-0.15, -0.1) is 0 Å². The van der Waals surface area contributed by atoms with Crippen LogP contribution < -0.4 is 0 Å². The summed E-state index contributed by atoms with van der Waals surface area (Å²) in [6.45, 7) is 5.13. The van der Waals surface area contributed by atoms with E-state index in [-0.39, 0.29) is 18.1 Å². The van der Waals surface area contributed by atoms with Gasteiger partial charge in [-0.25, -0.2) is 9.50 Å². The van der Waals surface area contributed by atoms with Crippen LogP contribution >= 0.6 is 0 Å². The lowest BCUT2D eigenvalue weighted by atomic mass is 10.1. The monoisotopic (exact) mass is 336 g/mol. The van der Waals surface area contributed by atoms with Crippen LogP contribution in [-0.4, -0.2) is 50.7 Å². The Morgan fingerprint density at radius 1 is 1.12 bits per heavy atom. The fourth-order valence-electron chi connectivity index (χ4n) is 3.38. The van der Waals surface area contributed by atoms with Crippen LogP contribution in [0.4, 0.5) is 0 Å². The maximum atomic E-state index is 13.0. The Balaban J connectivity index is 1.73. The Morgan fingerprint density at radius 2 is 1.84 bits per heavy atom. The molecular formula is C19H20N4O2. The van der Waals surface area contributed by atoms with Gasteiger partial charge in [-0.2, -0.15) is 5.10 Å². The zero-order valence-corrected chi connectivity index (χ0v) is 14.3. The first kappa shape index (κ1) is 15.8. The quantitative estimate of drug-likeness (QED) is 0.722. The second-order valence-corrected chi connectivity index (χ2v) is 6.46. The lowest BCUT2D eigenvalue weighted by Gasteiger charge is -2.35. The third-order valence-electron chi connectivity index (χ3n) is 4.41. The first-order valence-electron chi connectivity index (χ1n) is 8.46. The standard InChI is InChI=1S/C19H20N4O2/c1-13-11-22(12-14(2)25-13)19(24)16-10-21-23-17(8-9-20-18(16)23)15-6-4-3-5-7-15/h3-10,13-14H,11-12H2,1-2H3. The summed E-state index contributed by atoms with van der Waals surface area (Å²) in [6.07, 6.45) is 3.40. The first-order valence-corrected chi connectivity index (χ1v) is 8.46. The molecule has 2 atom stereocenters. The number of hydrogen-bond donors (Lipinski definition) is 0. The average Bonchev–Trinajstić information content (AvgIpc) is 3.05. The van der Waals surface area contributed by atoms with Crippen molar-refractivity contribution in [2.75, 3.05) is 13.1 Å². The van der Waals surface area contributed by atoms with E-state index in [1.54, 1.807) is 16.9 Å². The van der Waals surface area contributed by atoms with Crippen LogP contribution in [0.3, 0.4) is 0 Å². The van der Waals surface area contributed by atoms with Crippen LogP contribution in [-0.2, 0) is 4.74 Å². The van der Waals surface area contributed by atoms with Crippen molar-refractivity contribution in [1.29, 1.82) is 0 Å². The van der Waals surface area contributed by atoms with Crippen molar-refractivity contribution >= 4 is 11.6 Å². The molecule has 2 aromatic heterocycles. The molecule has 4 rings (SSSR count). The van der Waals surface area contributed by atoms with Crippen LogP contribution in [0, 0.1) is 0 Å². The number of hydrogen-bond acceptors (Lipinski definition) is 4. The van der Waals surface area contributed by atoms with Crippen LogP contribution in [0.25, 0.3) is 16.9 Å². The summed E-state index contributed by atoms with van der Waals surface area (Å²) >= 11 is 0. The third-order valence-corrected chi connectivity index (χ3v) is 4.41. The Kier molecular flexibility index (Phi) is 3.97. The topological polar surface area (TPSA) is 59.7 Å². The smallest absolute Gasteiger partial charge is 0.259 e. The fourth-order valence-corrected chi connectivity index (χ4v) is 3.38. The van der Waals surface area contributed by atoms with Crippen LogP contribution in [0.5, 0.6) is 0 Å². The minimum absolute atomic E-state index is 0.0300. The number of morpholine rings is 1. The van der Waals surface area contributed by atoms with E-state index in [2.05, 4.69) is 10.1 Å². The van der Waals surface area contributed by atoms with Gasteiger partial charge in [0.2, 0.25) is 0 Å². The van der Waals surface area contributed by atoms with E-state index in [0.29, 0.717) is 24.3 Å². The van der Waals surface area contributed by atoms with Crippen molar-refractivity contribution in [2.24, 2.45) is 0 Å². The maximum Gasteiger partial charge on any atom is 0.259 e. The van der Waals surface area contributed by atoms with Gasteiger partial charge < -0.3 is 9.64 Å². The predicted molar refractivity (Wildman–Crippen MR) is 94.3 cm³/mol. The number of rotatable bonds is 2. The van der Waals surface area contributed by atoms with E-state index in [0.717, 1.165) is 11.3 Å². The zero-order chi connectivity index (χ0) is 17.4. The SMILES string of the molecule is CC1CN(C(=O)c2cnn3c(-c4ccccc4)ccnc23)CC(C)O1. The van der Waals surface area contributed by atoms with Gasteiger partial charge in [0, 0.05) is 24.8 Å². The molecule has 128 valence electrons. The van der Waals surface area contributed by atoms with E-state index in [9.17, 15) is 4.79 Å². The third kappa shape index (κ3) is 2.89. The number of ether oxygens (including phenoxy) is 1. The molecule has 0 spiro atoms. The molecule has 0 bridgehead atoms.